The fourth-order valence-electron chi connectivity index (χ4n) is 1.56. The lowest BCUT2D eigenvalue weighted by Crippen LogP contribution is -2.46. The highest BCUT2D eigenvalue weighted by atomic mass is 16.6. The van der Waals surface area contributed by atoms with Gasteiger partial charge in [-0.05, 0) is 17.7 Å². The lowest BCUT2D eigenvalue weighted by molar-refractivity contribution is 0.0918. The van der Waals surface area contributed by atoms with Crippen molar-refractivity contribution in [3.05, 3.63) is 30.1 Å². The third kappa shape index (κ3) is 2.93. The average molecular weight is 221 g/mol. The van der Waals surface area contributed by atoms with Crippen LogP contribution >= 0.6 is 0 Å². The number of carbonyl (C=O) groups excluding carboxylic acids is 1. The molecule has 0 spiro atoms. The fourth-order valence-corrected chi connectivity index (χ4v) is 1.56. The van der Waals surface area contributed by atoms with Crippen LogP contribution in [0.5, 0.6) is 0 Å². The molecular formula is C11H15N3O2. The van der Waals surface area contributed by atoms with Gasteiger partial charge in [0.05, 0.1) is 0 Å². The SMILES string of the molecule is O=C(OCc1ccncc1)N1CCNCC1. The highest BCUT2D eigenvalue weighted by Gasteiger charge is 2.16. The van der Waals surface area contributed by atoms with Crippen LogP contribution < -0.4 is 5.32 Å². The highest BCUT2D eigenvalue weighted by Crippen LogP contribution is 2.02. The van der Waals surface area contributed by atoms with E-state index in [9.17, 15) is 4.79 Å². The molecule has 0 atom stereocenters. The van der Waals surface area contributed by atoms with Gasteiger partial charge in [0.1, 0.15) is 6.61 Å². The molecule has 2 rings (SSSR count). The van der Waals surface area contributed by atoms with Gasteiger partial charge in [-0.3, -0.25) is 4.98 Å². The van der Waals surface area contributed by atoms with Gasteiger partial charge >= 0.3 is 6.09 Å². The molecule has 1 aliphatic heterocycles. The summed E-state index contributed by atoms with van der Waals surface area (Å²) in [6.45, 7) is 3.42. The van der Waals surface area contributed by atoms with Crippen molar-refractivity contribution in [2.45, 2.75) is 6.61 Å². The van der Waals surface area contributed by atoms with E-state index in [1.807, 2.05) is 12.1 Å². The number of hydrogen-bond acceptors (Lipinski definition) is 4. The number of pyridine rings is 1. The number of rotatable bonds is 2. The second-order valence-electron chi connectivity index (χ2n) is 3.65. The molecule has 0 saturated carbocycles. The predicted octanol–water partition coefficient (Wildman–Crippen LogP) is 0.623. The van der Waals surface area contributed by atoms with Crippen LogP contribution in [0.2, 0.25) is 0 Å². The summed E-state index contributed by atoms with van der Waals surface area (Å²) in [6, 6.07) is 3.68. The van der Waals surface area contributed by atoms with Gasteiger partial charge in [-0.2, -0.15) is 0 Å². The Hall–Kier alpha value is -1.62. The molecule has 0 bridgehead atoms. The molecule has 2 heterocycles. The van der Waals surface area contributed by atoms with Crippen molar-refractivity contribution >= 4 is 6.09 Å². The Balaban J connectivity index is 1.79. The molecule has 0 unspecified atom stereocenters. The van der Waals surface area contributed by atoms with E-state index >= 15 is 0 Å². The van der Waals surface area contributed by atoms with Gasteiger partial charge in [-0.25, -0.2) is 4.79 Å². The smallest absolute Gasteiger partial charge is 0.410 e. The molecule has 86 valence electrons. The molecule has 5 heteroatoms. The molecule has 1 fully saturated rings. The maximum Gasteiger partial charge on any atom is 0.410 e. The van der Waals surface area contributed by atoms with Crippen LogP contribution in [-0.4, -0.2) is 42.2 Å². The Morgan fingerprint density at radius 1 is 1.38 bits per heavy atom. The number of nitrogens with one attached hydrogen (secondary N) is 1. The van der Waals surface area contributed by atoms with Crippen LogP contribution in [-0.2, 0) is 11.3 Å². The van der Waals surface area contributed by atoms with Crippen molar-refractivity contribution in [2.75, 3.05) is 26.2 Å². The number of carbonyl (C=O) groups is 1. The molecule has 5 nitrogen and oxygen atoms in total. The minimum Gasteiger partial charge on any atom is -0.445 e. The standard InChI is InChI=1S/C11H15N3O2/c15-11(14-7-5-13-6-8-14)16-9-10-1-3-12-4-2-10/h1-4,13H,5-9H2. The van der Waals surface area contributed by atoms with Gasteiger partial charge in [0.2, 0.25) is 0 Å². The van der Waals surface area contributed by atoms with Gasteiger partial charge in [0.25, 0.3) is 0 Å². The summed E-state index contributed by atoms with van der Waals surface area (Å²) >= 11 is 0. The zero-order valence-corrected chi connectivity index (χ0v) is 9.06. The van der Waals surface area contributed by atoms with Crippen molar-refractivity contribution in [1.82, 2.24) is 15.2 Å². The van der Waals surface area contributed by atoms with Gasteiger partial charge in [0.15, 0.2) is 0 Å². The van der Waals surface area contributed by atoms with Crippen LogP contribution in [0, 0.1) is 0 Å². The van der Waals surface area contributed by atoms with Crippen molar-refractivity contribution in [1.29, 1.82) is 0 Å². The number of aromatic nitrogens is 1. The maximum atomic E-state index is 11.6. The Morgan fingerprint density at radius 3 is 2.75 bits per heavy atom. The Morgan fingerprint density at radius 2 is 2.06 bits per heavy atom. The van der Waals surface area contributed by atoms with Crippen LogP contribution in [0.4, 0.5) is 4.79 Å². The monoisotopic (exact) mass is 221 g/mol. The number of piperazine rings is 1. The Kier molecular flexibility index (Phi) is 3.71. The number of nitrogens with zero attached hydrogens (tertiary/aromatic N) is 2. The lowest BCUT2D eigenvalue weighted by Gasteiger charge is -2.26. The van der Waals surface area contributed by atoms with E-state index < -0.39 is 0 Å². The highest BCUT2D eigenvalue weighted by molar-refractivity contribution is 5.67. The first-order chi connectivity index (χ1) is 7.86. The van der Waals surface area contributed by atoms with Gasteiger partial charge < -0.3 is 15.0 Å². The van der Waals surface area contributed by atoms with Crippen LogP contribution in [0.25, 0.3) is 0 Å². The largest absolute Gasteiger partial charge is 0.445 e. The molecule has 0 radical (unpaired) electrons. The molecule has 0 aliphatic carbocycles. The molecule has 1 N–H and O–H groups in total. The average Bonchev–Trinajstić information content (AvgIpc) is 2.38. The second kappa shape index (κ2) is 5.46. The summed E-state index contributed by atoms with van der Waals surface area (Å²) in [6.07, 6.45) is 3.14. The first-order valence-electron chi connectivity index (χ1n) is 5.37. The van der Waals surface area contributed by atoms with E-state index in [0.29, 0.717) is 6.61 Å². The summed E-state index contributed by atoms with van der Waals surface area (Å²) in [5, 5.41) is 3.19. The van der Waals surface area contributed by atoms with Crippen LogP contribution in [0.1, 0.15) is 5.56 Å². The number of hydrogen-bond donors (Lipinski definition) is 1. The molecule has 1 aromatic heterocycles. The maximum absolute atomic E-state index is 11.6. The Bertz CT molecular complexity index is 336. The number of ether oxygens (including phenoxy) is 1. The molecule has 16 heavy (non-hydrogen) atoms. The topological polar surface area (TPSA) is 54.5 Å². The predicted molar refractivity (Wildman–Crippen MR) is 58.9 cm³/mol. The van der Waals surface area contributed by atoms with E-state index in [-0.39, 0.29) is 6.09 Å². The summed E-state index contributed by atoms with van der Waals surface area (Å²) < 4.78 is 5.20. The first-order valence-corrected chi connectivity index (χ1v) is 5.37. The zero-order valence-electron chi connectivity index (χ0n) is 9.06. The molecular weight excluding hydrogens is 206 g/mol. The molecule has 0 aromatic carbocycles. The van der Waals surface area contributed by atoms with E-state index in [4.69, 9.17) is 4.74 Å². The van der Waals surface area contributed by atoms with E-state index in [1.54, 1.807) is 17.3 Å². The van der Waals surface area contributed by atoms with E-state index in [1.165, 1.54) is 0 Å². The first kappa shape index (κ1) is 10.9. The second-order valence-corrected chi connectivity index (χ2v) is 3.65. The summed E-state index contributed by atoms with van der Waals surface area (Å²) in [4.78, 5) is 17.3. The van der Waals surface area contributed by atoms with Gasteiger partial charge in [0, 0.05) is 38.6 Å². The van der Waals surface area contributed by atoms with Crippen molar-refractivity contribution in [2.24, 2.45) is 0 Å². The number of amides is 1. The summed E-state index contributed by atoms with van der Waals surface area (Å²) in [5.41, 5.74) is 0.957. The molecule has 1 saturated heterocycles. The van der Waals surface area contributed by atoms with E-state index in [2.05, 4.69) is 10.3 Å². The molecule has 1 amide bonds. The fraction of sp³-hybridized carbons (Fsp3) is 0.455. The lowest BCUT2D eigenvalue weighted by atomic mass is 10.3. The minimum absolute atomic E-state index is 0.238. The van der Waals surface area contributed by atoms with Crippen LogP contribution in [0.3, 0.4) is 0 Å². The quantitative estimate of drug-likeness (QED) is 0.795. The summed E-state index contributed by atoms with van der Waals surface area (Å²) in [7, 11) is 0. The summed E-state index contributed by atoms with van der Waals surface area (Å²) in [5.74, 6) is 0. The molecule has 1 aliphatic rings. The third-order valence-corrected chi connectivity index (χ3v) is 2.49. The zero-order chi connectivity index (χ0) is 11.2. The van der Waals surface area contributed by atoms with Crippen molar-refractivity contribution < 1.29 is 9.53 Å². The van der Waals surface area contributed by atoms with Crippen molar-refractivity contribution in [3.63, 3.8) is 0 Å². The third-order valence-electron chi connectivity index (χ3n) is 2.49. The van der Waals surface area contributed by atoms with Gasteiger partial charge in [-0.1, -0.05) is 0 Å². The molecule has 1 aromatic rings. The van der Waals surface area contributed by atoms with Crippen molar-refractivity contribution in [3.8, 4) is 0 Å². The van der Waals surface area contributed by atoms with Gasteiger partial charge in [-0.15, -0.1) is 0 Å². The minimum atomic E-state index is -0.238. The van der Waals surface area contributed by atoms with E-state index in [0.717, 1.165) is 31.7 Å². The van der Waals surface area contributed by atoms with Crippen LogP contribution in [0.15, 0.2) is 24.5 Å². The normalized spacial score (nSPS) is 15.9. The Labute approximate surface area is 94.4 Å².